The molecule has 1 atom stereocenters. The fourth-order valence-corrected chi connectivity index (χ4v) is 4.15. The van der Waals surface area contributed by atoms with Gasteiger partial charge in [-0.2, -0.15) is 4.99 Å². The second-order valence-electron chi connectivity index (χ2n) is 11.3. The number of ketones is 1. The van der Waals surface area contributed by atoms with Crippen LogP contribution in [0.25, 0.3) is 0 Å². The Morgan fingerprint density at radius 1 is 0.809 bits per heavy atom. The largest absolute Gasteiger partial charge is 0.491 e. The van der Waals surface area contributed by atoms with Crippen LogP contribution in [0.2, 0.25) is 0 Å². The lowest BCUT2D eigenvalue weighted by Gasteiger charge is -2.19. The monoisotopic (exact) mass is 647 g/mol. The normalized spacial score (nSPS) is 12.1. The number of hydrogen-bond donors (Lipinski definition) is 2. The Hall–Kier alpha value is -5.23. The summed E-state index contributed by atoms with van der Waals surface area (Å²) in [5.41, 5.74) is 7.05. The first kappa shape index (κ1) is 36.2. The molecule has 12 heteroatoms. The van der Waals surface area contributed by atoms with E-state index in [2.05, 4.69) is 10.3 Å². The summed E-state index contributed by atoms with van der Waals surface area (Å²) >= 11 is 0. The quantitative estimate of drug-likeness (QED) is 0.0788. The first-order valence-electron chi connectivity index (χ1n) is 15.0. The number of Topliss-reactive ketones (excluding diaryl/α,β-unsaturated/α-hetero) is 1. The highest BCUT2D eigenvalue weighted by Crippen LogP contribution is 2.18. The lowest BCUT2D eigenvalue weighted by atomic mass is 9.97. The number of nitrogens with zero attached hydrogens (tertiary/aromatic N) is 1. The van der Waals surface area contributed by atoms with E-state index in [9.17, 15) is 19.2 Å². The number of aliphatic imine (C=N–C) groups is 1. The molecule has 47 heavy (non-hydrogen) atoms. The molecule has 0 bridgehead atoms. The highest BCUT2D eigenvalue weighted by molar-refractivity contribution is 6.06. The van der Waals surface area contributed by atoms with Gasteiger partial charge in [-0.05, 0) is 81.8 Å². The number of amides is 2. The molecule has 3 aromatic carbocycles. The van der Waals surface area contributed by atoms with Crippen molar-refractivity contribution >= 4 is 29.6 Å². The van der Waals surface area contributed by atoms with Crippen molar-refractivity contribution in [2.45, 2.75) is 45.8 Å². The van der Waals surface area contributed by atoms with Gasteiger partial charge in [0, 0.05) is 30.2 Å². The molecule has 3 N–H and O–H groups in total. The minimum Gasteiger partial charge on any atom is -0.491 e. The maximum Gasteiger partial charge on any atom is 0.436 e. The molecule has 0 aliphatic heterocycles. The number of esters is 1. The van der Waals surface area contributed by atoms with Crippen molar-refractivity contribution in [3.8, 4) is 11.5 Å². The van der Waals surface area contributed by atoms with Crippen molar-refractivity contribution in [3.05, 3.63) is 95.1 Å². The number of rotatable bonds is 15. The number of carbonyl (C=O) groups is 4. The standard InChI is InChI=1S/C35H41N3O9/c1-6-44-30(39)22-46-28-17-13-24(14-18-28)31(40)29(21-23-7-15-27(16-8-23)45-20-19-43-5)37-33(41)26-11-9-25(10-12-26)32(36)38-34(42)47-35(2,3)4/h7-18,29H,6,19-22H2,1-5H3,(H,37,41)(H2,36,38,42). The lowest BCUT2D eigenvalue weighted by Crippen LogP contribution is -2.42. The van der Waals surface area contributed by atoms with Crippen LogP contribution in [-0.2, 0) is 25.4 Å². The van der Waals surface area contributed by atoms with E-state index in [-0.39, 0.29) is 36.8 Å². The fourth-order valence-electron chi connectivity index (χ4n) is 4.15. The van der Waals surface area contributed by atoms with Gasteiger partial charge in [-0.3, -0.25) is 9.59 Å². The SMILES string of the molecule is CCOC(=O)COc1ccc(C(=O)C(Cc2ccc(OCCOC)cc2)NC(=O)c2ccc(/C(N)=N\C(=O)OC(C)(C)C)cc2)cc1. The Labute approximate surface area is 274 Å². The highest BCUT2D eigenvalue weighted by Gasteiger charge is 2.24. The third-order valence-corrected chi connectivity index (χ3v) is 6.39. The molecule has 3 aromatic rings. The molecule has 3 rings (SSSR count). The number of hydrogen-bond acceptors (Lipinski definition) is 9. The number of nitrogens with two attached hydrogens (primary N) is 1. The van der Waals surface area contributed by atoms with Crippen LogP contribution in [0.3, 0.4) is 0 Å². The van der Waals surface area contributed by atoms with Crippen LogP contribution in [0.5, 0.6) is 11.5 Å². The van der Waals surface area contributed by atoms with Crippen LogP contribution < -0.4 is 20.5 Å². The van der Waals surface area contributed by atoms with Gasteiger partial charge in [0.05, 0.1) is 19.3 Å². The number of amidine groups is 1. The zero-order valence-corrected chi connectivity index (χ0v) is 27.2. The van der Waals surface area contributed by atoms with Gasteiger partial charge in [-0.15, -0.1) is 0 Å². The zero-order chi connectivity index (χ0) is 34.4. The maximum atomic E-state index is 13.7. The second-order valence-corrected chi connectivity index (χ2v) is 11.3. The highest BCUT2D eigenvalue weighted by atomic mass is 16.6. The zero-order valence-electron chi connectivity index (χ0n) is 27.2. The summed E-state index contributed by atoms with van der Waals surface area (Å²) in [7, 11) is 1.59. The number of nitrogens with one attached hydrogen (secondary N) is 1. The second kappa shape index (κ2) is 17.5. The third kappa shape index (κ3) is 12.2. The van der Waals surface area contributed by atoms with Gasteiger partial charge in [0.15, 0.2) is 12.4 Å². The summed E-state index contributed by atoms with van der Waals surface area (Å²) in [6.45, 7) is 7.67. The molecule has 0 saturated carbocycles. The molecular weight excluding hydrogens is 606 g/mol. The van der Waals surface area contributed by atoms with E-state index in [0.717, 1.165) is 5.56 Å². The van der Waals surface area contributed by atoms with E-state index in [4.69, 9.17) is 29.4 Å². The van der Waals surface area contributed by atoms with E-state index < -0.39 is 29.6 Å². The summed E-state index contributed by atoms with van der Waals surface area (Å²) in [5, 5.41) is 2.85. The minimum absolute atomic E-state index is 0.0661. The van der Waals surface area contributed by atoms with E-state index in [1.54, 1.807) is 83.3 Å². The summed E-state index contributed by atoms with van der Waals surface area (Å²) in [4.78, 5) is 54.5. The molecular formula is C35H41N3O9. The van der Waals surface area contributed by atoms with Gasteiger partial charge in [0.1, 0.15) is 29.5 Å². The van der Waals surface area contributed by atoms with Crippen LogP contribution in [0, 0.1) is 0 Å². The molecule has 12 nitrogen and oxygen atoms in total. The van der Waals surface area contributed by atoms with Crippen LogP contribution in [0.4, 0.5) is 4.79 Å². The molecule has 0 aromatic heterocycles. The number of methoxy groups -OCH3 is 1. The average molecular weight is 648 g/mol. The number of ether oxygens (including phenoxy) is 5. The van der Waals surface area contributed by atoms with Crippen LogP contribution in [0.15, 0.2) is 77.8 Å². The van der Waals surface area contributed by atoms with Crippen molar-refractivity contribution in [1.29, 1.82) is 0 Å². The predicted molar refractivity (Wildman–Crippen MR) is 175 cm³/mol. The van der Waals surface area contributed by atoms with Gasteiger partial charge in [0.2, 0.25) is 0 Å². The maximum absolute atomic E-state index is 13.7. The van der Waals surface area contributed by atoms with E-state index in [0.29, 0.717) is 35.8 Å². The summed E-state index contributed by atoms with van der Waals surface area (Å²) in [5.74, 6) is -0.368. The smallest absolute Gasteiger partial charge is 0.436 e. The molecule has 2 amide bonds. The van der Waals surface area contributed by atoms with Crippen molar-refractivity contribution in [2.75, 3.05) is 33.5 Å². The molecule has 0 heterocycles. The van der Waals surface area contributed by atoms with Gasteiger partial charge < -0.3 is 34.7 Å². The van der Waals surface area contributed by atoms with Crippen molar-refractivity contribution in [1.82, 2.24) is 5.32 Å². The Kier molecular flexibility index (Phi) is 13.5. The Balaban J connectivity index is 1.78. The summed E-state index contributed by atoms with van der Waals surface area (Å²) in [6, 6.07) is 18.7. The van der Waals surface area contributed by atoms with Crippen molar-refractivity contribution < 1.29 is 42.9 Å². The van der Waals surface area contributed by atoms with Gasteiger partial charge >= 0.3 is 12.1 Å². The van der Waals surface area contributed by atoms with Gasteiger partial charge in [-0.1, -0.05) is 24.3 Å². The molecule has 0 radical (unpaired) electrons. The summed E-state index contributed by atoms with van der Waals surface area (Å²) in [6.07, 6.45) is -0.635. The Morgan fingerprint density at radius 2 is 1.38 bits per heavy atom. The van der Waals surface area contributed by atoms with E-state index in [1.165, 1.54) is 12.1 Å². The van der Waals surface area contributed by atoms with Gasteiger partial charge in [-0.25, -0.2) is 9.59 Å². The molecule has 250 valence electrons. The van der Waals surface area contributed by atoms with Crippen molar-refractivity contribution in [2.24, 2.45) is 10.7 Å². The lowest BCUT2D eigenvalue weighted by molar-refractivity contribution is -0.145. The summed E-state index contributed by atoms with van der Waals surface area (Å²) < 4.78 is 26.1. The number of benzene rings is 3. The molecule has 0 saturated heterocycles. The molecule has 0 aliphatic rings. The molecule has 1 unspecified atom stereocenters. The first-order chi connectivity index (χ1) is 22.4. The van der Waals surface area contributed by atoms with E-state index in [1.807, 2.05) is 12.1 Å². The number of carbonyl (C=O) groups excluding carboxylic acids is 4. The average Bonchev–Trinajstić information content (AvgIpc) is 3.03. The third-order valence-electron chi connectivity index (χ3n) is 6.39. The predicted octanol–water partition coefficient (Wildman–Crippen LogP) is 4.52. The van der Waals surface area contributed by atoms with Crippen LogP contribution >= 0.6 is 0 Å². The van der Waals surface area contributed by atoms with E-state index >= 15 is 0 Å². The topological polar surface area (TPSA) is 165 Å². The van der Waals surface area contributed by atoms with Gasteiger partial charge in [0.25, 0.3) is 5.91 Å². The van der Waals surface area contributed by atoms with Crippen LogP contribution in [0.1, 0.15) is 59.5 Å². The molecule has 0 aliphatic carbocycles. The fraction of sp³-hybridized carbons (Fsp3) is 0.343. The van der Waals surface area contributed by atoms with Crippen LogP contribution in [-0.4, -0.2) is 74.8 Å². The van der Waals surface area contributed by atoms with Crippen molar-refractivity contribution in [3.63, 3.8) is 0 Å². The Bertz CT molecular complexity index is 1530. The first-order valence-corrected chi connectivity index (χ1v) is 15.0. The minimum atomic E-state index is -0.937. The molecule has 0 spiro atoms. The Morgan fingerprint density at radius 3 is 1.98 bits per heavy atom. The molecule has 0 fully saturated rings.